The summed E-state index contributed by atoms with van der Waals surface area (Å²) in [5, 5.41) is 7.11. The van der Waals surface area contributed by atoms with Gasteiger partial charge >= 0.3 is 11.8 Å². The van der Waals surface area contributed by atoms with Gasteiger partial charge in [0, 0.05) is 5.56 Å². The van der Waals surface area contributed by atoms with Crippen molar-refractivity contribution in [1.29, 1.82) is 0 Å². The maximum atomic E-state index is 12.8. The second-order valence-corrected chi connectivity index (χ2v) is 5.20. The first-order valence-corrected chi connectivity index (χ1v) is 7.02. The Morgan fingerprint density at radius 3 is 2.82 bits per heavy atom. The third-order valence-corrected chi connectivity index (χ3v) is 3.41. The number of carbonyl (C=O) groups excluding carboxylic acids is 1. The lowest BCUT2D eigenvalue weighted by Crippen LogP contribution is -2.17. The van der Waals surface area contributed by atoms with Gasteiger partial charge in [0.1, 0.15) is 0 Å². The molecule has 0 unspecified atom stereocenters. The van der Waals surface area contributed by atoms with Crippen LogP contribution in [0.25, 0.3) is 11.4 Å². The number of rotatable bonds is 4. The Bertz CT molecular complexity index is 813. The fourth-order valence-electron chi connectivity index (χ4n) is 1.62. The zero-order chi connectivity index (χ0) is 15.4. The zero-order valence-electron chi connectivity index (χ0n) is 11.1. The van der Waals surface area contributed by atoms with E-state index in [2.05, 4.69) is 20.7 Å². The minimum absolute atomic E-state index is 0.201. The van der Waals surface area contributed by atoms with Crippen LogP contribution in [-0.2, 0) is 0 Å². The van der Waals surface area contributed by atoms with E-state index in [1.807, 2.05) is 18.2 Å². The molecule has 0 saturated heterocycles. The first-order valence-electron chi connectivity index (χ1n) is 6.20. The summed E-state index contributed by atoms with van der Waals surface area (Å²) in [6.07, 6.45) is 1.33. The second-order valence-electron chi connectivity index (χ2n) is 4.13. The van der Waals surface area contributed by atoms with Gasteiger partial charge in [0.05, 0.1) is 11.1 Å². The molecule has 2 heterocycles. The number of aromatic nitrogens is 2. The molecule has 6 nitrogen and oxygen atoms in total. The van der Waals surface area contributed by atoms with Gasteiger partial charge in [0.25, 0.3) is 0 Å². The monoisotopic (exact) mass is 316 g/mol. The summed E-state index contributed by atoms with van der Waals surface area (Å²) in [5.41, 5.74) is 2.98. The number of hydrogen-bond acceptors (Lipinski definition) is 6. The van der Waals surface area contributed by atoms with Crippen LogP contribution in [0, 0.1) is 5.13 Å². The predicted octanol–water partition coefficient (Wildman–Crippen LogP) is 2.70. The van der Waals surface area contributed by atoms with Crippen LogP contribution in [-0.4, -0.2) is 22.3 Å². The van der Waals surface area contributed by atoms with Gasteiger partial charge in [-0.05, 0) is 12.1 Å². The Kier molecular flexibility index (Phi) is 4.01. The molecule has 0 aliphatic carbocycles. The first kappa shape index (κ1) is 14.1. The van der Waals surface area contributed by atoms with Gasteiger partial charge in [-0.3, -0.25) is 4.79 Å². The number of hydrogen-bond donors (Lipinski definition) is 1. The van der Waals surface area contributed by atoms with Crippen molar-refractivity contribution in [3.63, 3.8) is 0 Å². The average molecular weight is 316 g/mol. The SMILES string of the molecule is O=C(NN=Cc1ccc(F)s1)c1nc(-c2ccccc2)no1. The van der Waals surface area contributed by atoms with E-state index in [1.165, 1.54) is 12.3 Å². The molecule has 22 heavy (non-hydrogen) atoms. The summed E-state index contributed by atoms with van der Waals surface area (Å²) in [5.74, 6) is -0.522. The van der Waals surface area contributed by atoms with Crippen molar-refractivity contribution in [3.8, 4) is 11.4 Å². The van der Waals surface area contributed by atoms with Crippen LogP contribution in [0.2, 0.25) is 0 Å². The fourth-order valence-corrected chi connectivity index (χ4v) is 2.22. The van der Waals surface area contributed by atoms with E-state index in [-0.39, 0.29) is 11.0 Å². The summed E-state index contributed by atoms with van der Waals surface area (Å²) >= 11 is 0.918. The van der Waals surface area contributed by atoms with Crippen LogP contribution in [0.1, 0.15) is 15.6 Å². The minimum atomic E-state index is -0.636. The van der Waals surface area contributed by atoms with E-state index >= 15 is 0 Å². The summed E-state index contributed by atoms with van der Waals surface area (Å²) in [6.45, 7) is 0. The van der Waals surface area contributed by atoms with E-state index in [0.717, 1.165) is 16.9 Å². The van der Waals surface area contributed by atoms with Gasteiger partial charge in [-0.1, -0.05) is 35.5 Å². The molecule has 0 atom stereocenters. The van der Waals surface area contributed by atoms with Crippen molar-refractivity contribution in [2.75, 3.05) is 0 Å². The number of nitrogens with zero attached hydrogens (tertiary/aromatic N) is 3. The van der Waals surface area contributed by atoms with E-state index in [9.17, 15) is 9.18 Å². The molecule has 0 radical (unpaired) electrons. The van der Waals surface area contributed by atoms with Crippen LogP contribution in [0.4, 0.5) is 4.39 Å². The molecule has 0 aliphatic heterocycles. The van der Waals surface area contributed by atoms with Gasteiger partial charge in [-0.25, -0.2) is 5.43 Å². The molecule has 0 saturated carbocycles. The van der Waals surface area contributed by atoms with Crippen LogP contribution < -0.4 is 5.43 Å². The molecule has 0 aliphatic rings. The van der Waals surface area contributed by atoms with Crippen molar-refractivity contribution in [3.05, 3.63) is 58.4 Å². The Labute approximate surface area is 128 Å². The largest absolute Gasteiger partial charge is 0.329 e. The molecule has 0 fully saturated rings. The van der Waals surface area contributed by atoms with Crippen LogP contribution in [0.15, 0.2) is 52.1 Å². The maximum Gasteiger partial charge on any atom is 0.329 e. The predicted molar refractivity (Wildman–Crippen MR) is 79.1 cm³/mol. The number of carbonyl (C=O) groups is 1. The molecule has 8 heteroatoms. The Balaban J connectivity index is 1.66. The summed E-state index contributed by atoms with van der Waals surface area (Å²) in [4.78, 5) is 16.4. The highest BCUT2D eigenvalue weighted by Gasteiger charge is 2.15. The number of halogens is 1. The lowest BCUT2D eigenvalue weighted by molar-refractivity contribution is 0.0911. The van der Waals surface area contributed by atoms with Gasteiger partial charge < -0.3 is 4.52 Å². The quantitative estimate of drug-likeness (QED) is 0.593. The highest BCUT2D eigenvalue weighted by molar-refractivity contribution is 7.12. The normalized spacial score (nSPS) is 11.0. The molecule has 0 spiro atoms. The molecule has 2 aromatic heterocycles. The Morgan fingerprint density at radius 2 is 2.09 bits per heavy atom. The number of thiophene rings is 1. The van der Waals surface area contributed by atoms with Crippen LogP contribution in [0.3, 0.4) is 0 Å². The van der Waals surface area contributed by atoms with Crippen molar-refractivity contribution in [2.45, 2.75) is 0 Å². The molecule has 1 N–H and O–H groups in total. The van der Waals surface area contributed by atoms with Gasteiger partial charge in [0.2, 0.25) is 5.82 Å². The molecular weight excluding hydrogens is 307 g/mol. The standard InChI is InChI=1S/C14H9FN4O2S/c15-11-7-6-10(22-11)8-16-18-13(20)14-17-12(19-21-14)9-4-2-1-3-5-9/h1-8H,(H,18,20). The first-order chi connectivity index (χ1) is 10.7. The van der Waals surface area contributed by atoms with Crippen molar-refractivity contribution in [1.82, 2.24) is 15.6 Å². The second kappa shape index (κ2) is 6.27. The summed E-state index contributed by atoms with van der Waals surface area (Å²) in [6, 6.07) is 12.0. The smallest absolute Gasteiger partial charge is 0.328 e. The highest BCUT2D eigenvalue weighted by atomic mass is 32.1. The molecule has 1 amide bonds. The summed E-state index contributed by atoms with van der Waals surface area (Å²) in [7, 11) is 0. The number of amides is 1. The average Bonchev–Trinajstić information content (AvgIpc) is 3.17. The number of benzene rings is 1. The topological polar surface area (TPSA) is 80.4 Å². The van der Waals surface area contributed by atoms with Crippen molar-refractivity contribution >= 4 is 23.5 Å². The molecule has 3 aromatic rings. The lowest BCUT2D eigenvalue weighted by atomic mass is 10.2. The van der Waals surface area contributed by atoms with Crippen molar-refractivity contribution in [2.24, 2.45) is 5.10 Å². The van der Waals surface area contributed by atoms with E-state index < -0.39 is 5.91 Å². The Hall–Kier alpha value is -2.87. The van der Waals surface area contributed by atoms with E-state index in [4.69, 9.17) is 4.52 Å². The Morgan fingerprint density at radius 1 is 1.27 bits per heavy atom. The zero-order valence-corrected chi connectivity index (χ0v) is 11.9. The lowest BCUT2D eigenvalue weighted by Gasteiger charge is -1.92. The molecular formula is C14H9FN4O2S. The van der Waals surface area contributed by atoms with Crippen LogP contribution >= 0.6 is 11.3 Å². The molecule has 1 aromatic carbocycles. The van der Waals surface area contributed by atoms with Crippen molar-refractivity contribution < 1.29 is 13.7 Å². The van der Waals surface area contributed by atoms with E-state index in [0.29, 0.717) is 10.7 Å². The van der Waals surface area contributed by atoms with Gasteiger partial charge in [-0.2, -0.15) is 14.5 Å². The summed E-state index contributed by atoms with van der Waals surface area (Å²) < 4.78 is 17.7. The maximum absolute atomic E-state index is 12.8. The molecule has 110 valence electrons. The highest BCUT2D eigenvalue weighted by Crippen LogP contribution is 2.14. The number of hydrazone groups is 1. The minimum Gasteiger partial charge on any atom is -0.328 e. The molecule has 3 rings (SSSR count). The van der Waals surface area contributed by atoms with Crippen LogP contribution in [0.5, 0.6) is 0 Å². The van der Waals surface area contributed by atoms with Gasteiger partial charge in [-0.15, -0.1) is 11.3 Å². The van der Waals surface area contributed by atoms with Gasteiger partial charge in [0.15, 0.2) is 5.13 Å². The fraction of sp³-hybridized carbons (Fsp3) is 0. The number of nitrogens with one attached hydrogen (secondary N) is 1. The third-order valence-electron chi connectivity index (χ3n) is 2.60. The van der Waals surface area contributed by atoms with E-state index in [1.54, 1.807) is 18.2 Å². The molecule has 0 bridgehead atoms. The third kappa shape index (κ3) is 3.23.